The highest BCUT2D eigenvalue weighted by atomic mass is 35.5. The van der Waals surface area contributed by atoms with Crippen LogP contribution in [-0.4, -0.2) is 48.2 Å². The Bertz CT molecular complexity index is 1470. The molecule has 0 aliphatic heterocycles. The predicted molar refractivity (Wildman–Crippen MR) is 171 cm³/mol. The Kier molecular flexibility index (Phi) is 11.9. The highest BCUT2D eigenvalue weighted by molar-refractivity contribution is 6.28. The number of phenolic OH excluding ortho intramolecular Hbond substituents is 1. The molecule has 11 N–H and O–H groups in total. The summed E-state index contributed by atoms with van der Waals surface area (Å²) in [5, 5.41) is 26.2. The van der Waals surface area contributed by atoms with Gasteiger partial charge in [-0.25, -0.2) is 9.97 Å². The smallest absolute Gasteiger partial charge is 0.300 e. The fraction of sp³-hybridized carbons (Fsp3) is 0.276. The molecule has 2 aromatic carbocycles. The molecule has 2 aliphatic carbocycles. The summed E-state index contributed by atoms with van der Waals surface area (Å²) in [5.74, 6) is 1.42. The number of nitrogens with zero attached hydrogens (tertiary/aromatic N) is 4. The molecule has 4 aromatic rings. The Labute approximate surface area is 254 Å². The lowest BCUT2D eigenvalue weighted by Gasteiger charge is -2.11. The van der Waals surface area contributed by atoms with Crippen LogP contribution in [0.5, 0.6) is 5.75 Å². The van der Waals surface area contributed by atoms with Gasteiger partial charge in [0.25, 0.3) is 5.97 Å². The number of rotatable bonds is 6. The number of para-hydroxylation sites is 4. The highest BCUT2D eigenvalue weighted by Crippen LogP contribution is 2.28. The van der Waals surface area contributed by atoms with Gasteiger partial charge in [-0.15, -0.1) is 0 Å². The number of anilines is 7. The van der Waals surface area contributed by atoms with Crippen LogP contribution < -0.4 is 33.2 Å². The first-order valence-corrected chi connectivity index (χ1v) is 13.9. The summed E-state index contributed by atoms with van der Waals surface area (Å²) in [4.78, 5) is 25.5. The number of hydrogen-bond donors (Lipinski definition) is 8. The van der Waals surface area contributed by atoms with Crippen LogP contribution in [0.15, 0.2) is 60.9 Å². The van der Waals surface area contributed by atoms with Crippen LogP contribution in [-0.2, 0) is 4.79 Å². The number of carbonyl (C=O) groups is 1. The minimum absolute atomic E-state index is 0.146. The number of carboxylic acid groups (broad SMARTS) is 1. The SMILES string of the molecule is CC(=O)O.Cc1cnc(Nc2ccccc2N)nc1NC1CC1.Nc1ccccc1O.Nc1cnc(Cl)nc1NC1CC1. The zero-order valence-electron chi connectivity index (χ0n) is 24.0. The quantitative estimate of drug-likeness (QED) is 0.0817. The number of nitrogens with one attached hydrogen (secondary N) is 3. The van der Waals surface area contributed by atoms with Gasteiger partial charge in [-0.3, -0.25) is 4.79 Å². The van der Waals surface area contributed by atoms with Crippen LogP contribution in [0.1, 0.15) is 38.2 Å². The molecule has 2 aliphatic rings. The molecule has 6 rings (SSSR count). The van der Waals surface area contributed by atoms with Gasteiger partial charge in [0.2, 0.25) is 11.2 Å². The fourth-order valence-corrected chi connectivity index (χ4v) is 3.33. The zero-order valence-corrected chi connectivity index (χ0v) is 24.7. The summed E-state index contributed by atoms with van der Waals surface area (Å²) < 4.78 is 0. The molecule has 0 amide bonds. The van der Waals surface area contributed by atoms with E-state index in [1.165, 1.54) is 31.9 Å². The number of phenols is 1. The second-order valence-corrected chi connectivity index (χ2v) is 10.1. The Balaban J connectivity index is 0.000000180. The molecule has 14 heteroatoms. The Morgan fingerprint density at radius 1 is 0.837 bits per heavy atom. The molecule has 0 saturated heterocycles. The van der Waals surface area contributed by atoms with E-state index in [0.29, 0.717) is 40.9 Å². The number of nitrogen functional groups attached to an aromatic ring is 3. The molecule has 0 radical (unpaired) electrons. The second kappa shape index (κ2) is 15.8. The van der Waals surface area contributed by atoms with Gasteiger partial charge in [0.05, 0.1) is 28.9 Å². The maximum atomic E-state index is 9.00. The van der Waals surface area contributed by atoms with Crippen molar-refractivity contribution < 1.29 is 15.0 Å². The van der Waals surface area contributed by atoms with Crippen LogP contribution in [0.25, 0.3) is 0 Å². The first-order chi connectivity index (χ1) is 20.5. The Hall–Kier alpha value is -5.04. The minimum atomic E-state index is -0.833. The van der Waals surface area contributed by atoms with Crippen molar-refractivity contribution in [2.24, 2.45) is 0 Å². The van der Waals surface area contributed by atoms with Crippen molar-refractivity contribution in [3.8, 4) is 5.75 Å². The van der Waals surface area contributed by atoms with Crippen molar-refractivity contribution in [3.05, 3.63) is 71.8 Å². The van der Waals surface area contributed by atoms with E-state index in [-0.39, 0.29) is 11.0 Å². The van der Waals surface area contributed by atoms with E-state index in [0.717, 1.165) is 24.0 Å². The summed E-state index contributed by atoms with van der Waals surface area (Å²) in [7, 11) is 0. The maximum Gasteiger partial charge on any atom is 0.300 e. The Morgan fingerprint density at radius 3 is 1.93 bits per heavy atom. The summed E-state index contributed by atoms with van der Waals surface area (Å²) in [5.41, 5.74) is 20.3. The van der Waals surface area contributed by atoms with E-state index in [1.807, 2.05) is 37.4 Å². The second-order valence-electron chi connectivity index (χ2n) is 9.80. The number of benzene rings is 2. The fourth-order valence-electron chi connectivity index (χ4n) is 3.19. The lowest BCUT2D eigenvalue weighted by molar-refractivity contribution is -0.134. The minimum Gasteiger partial charge on any atom is -0.506 e. The third-order valence-electron chi connectivity index (χ3n) is 5.74. The number of carboxylic acids is 1. The normalized spacial score (nSPS) is 13.0. The average Bonchev–Trinajstić information content (AvgIpc) is 3.89. The number of nitrogens with two attached hydrogens (primary N) is 3. The van der Waals surface area contributed by atoms with E-state index in [2.05, 4.69) is 35.9 Å². The van der Waals surface area contributed by atoms with Crippen molar-refractivity contribution in [2.45, 2.75) is 51.6 Å². The van der Waals surface area contributed by atoms with Gasteiger partial charge in [-0.2, -0.15) is 9.97 Å². The van der Waals surface area contributed by atoms with Gasteiger partial charge in [0.1, 0.15) is 11.6 Å². The third-order valence-corrected chi connectivity index (χ3v) is 5.92. The van der Waals surface area contributed by atoms with Crippen LogP contribution >= 0.6 is 11.6 Å². The van der Waals surface area contributed by atoms with E-state index in [4.69, 9.17) is 43.8 Å². The molecule has 2 heterocycles. The first-order valence-electron chi connectivity index (χ1n) is 13.5. The molecule has 228 valence electrons. The number of aliphatic carboxylic acids is 1. The van der Waals surface area contributed by atoms with Crippen molar-refractivity contribution >= 4 is 57.9 Å². The molecule has 0 unspecified atom stereocenters. The predicted octanol–water partition coefficient (Wildman–Crippen LogP) is 5.04. The monoisotopic (exact) mass is 608 g/mol. The van der Waals surface area contributed by atoms with E-state index in [1.54, 1.807) is 24.3 Å². The molecule has 0 bridgehead atoms. The average molecular weight is 609 g/mol. The molecule has 43 heavy (non-hydrogen) atoms. The lowest BCUT2D eigenvalue weighted by atomic mass is 10.3. The van der Waals surface area contributed by atoms with Gasteiger partial charge in [-0.05, 0) is 68.5 Å². The van der Waals surface area contributed by atoms with Gasteiger partial charge >= 0.3 is 0 Å². The molecule has 2 aromatic heterocycles. The number of aryl methyl sites for hydroxylation is 1. The highest BCUT2D eigenvalue weighted by Gasteiger charge is 2.23. The summed E-state index contributed by atoms with van der Waals surface area (Å²) in [6, 6.07) is 15.4. The maximum absolute atomic E-state index is 9.00. The molecular weight excluding hydrogens is 572 g/mol. The van der Waals surface area contributed by atoms with Crippen LogP contribution in [0.4, 0.5) is 40.3 Å². The van der Waals surface area contributed by atoms with Gasteiger partial charge in [0.15, 0.2) is 5.82 Å². The molecule has 13 nitrogen and oxygen atoms in total. The van der Waals surface area contributed by atoms with Crippen molar-refractivity contribution in [3.63, 3.8) is 0 Å². The molecule has 2 fully saturated rings. The van der Waals surface area contributed by atoms with Crippen molar-refractivity contribution in [2.75, 3.05) is 33.2 Å². The topological polar surface area (TPSA) is 223 Å². The van der Waals surface area contributed by atoms with E-state index >= 15 is 0 Å². The summed E-state index contributed by atoms with van der Waals surface area (Å²) in [6.07, 6.45) is 8.14. The van der Waals surface area contributed by atoms with E-state index < -0.39 is 5.97 Å². The zero-order chi connectivity index (χ0) is 31.4. The van der Waals surface area contributed by atoms with Gasteiger partial charge in [0, 0.05) is 30.8 Å². The summed E-state index contributed by atoms with van der Waals surface area (Å²) >= 11 is 5.60. The molecule has 0 spiro atoms. The van der Waals surface area contributed by atoms with Crippen molar-refractivity contribution in [1.82, 2.24) is 19.9 Å². The van der Waals surface area contributed by atoms with E-state index in [9.17, 15) is 0 Å². The lowest BCUT2D eigenvalue weighted by Crippen LogP contribution is -2.08. The molecular formula is C29H37ClN10O3. The van der Waals surface area contributed by atoms with Crippen molar-refractivity contribution in [1.29, 1.82) is 0 Å². The summed E-state index contributed by atoms with van der Waals surface area (Å²) in [6.45, 7) is 3.09. The van der Waals surface area contributed by atoms with Crippen LogP contribution in [0.2, 0.25) is 5.28 Å². The Morgan fingerprint density at radius 2 is 1.40 bits per heavy atom. The van der Waals surface area contributed by atoms with Gasteiger partial charge < -0.3 is 43.4 Å². The van der Waals surface area contributed by atoms with Gasteiger partial charge in [-0.1, -0.05) is 24.3 Å². The number of hydrogen-bond acceptors (Lipinski definition) is 12. The third kappa shape index (κ3) is 12.2. The van der Waals surface area contributed by atoms with Crippen LogP contribution in [0, 0.1) is 6.92 Å². The number of halogens is 1. The number of aromatic nitrogens is 4. The molecule has 2 saturated carbocycles. The standard InChI is InChI=1S/C14H17N5.C7H9ClN4.C6H7NO.C2H4O2/c1-9-8-16-14(19-13(9)17-10-6-7-10)18-12-5-3-2-4-11(12)15;8-7-10-3-5(9)6(12-7)11-4-1-2-4;7-5-3-1-2-4-6(5)8;1-2(3)4/h2-5,8,10H,6-7,15H2,1H3,(H2,16,17,18,19);3-4H,1-2,9H2,(H,10,11,12);1-4,8H,7H2;1H3,(H,3,4). The largest absolute Gasteiger partial charge is 0.506 e. The molecule has 0 atom stereocenters. The first kappa shape index (κ1) is 32.5. The number of aromatic hydroxyl groups is 1. The van der Waals surface area contributed by atoms with Crippen LogP contribution in [0.3, 0.4) is 0 Å².